The van der Waals surface area contributed by atoms with Crippen LogP contribution in [0, 0.1) is 0 Å². The summed E-state index contributed by atoms with van der Waals surface area (Å²) in [5.41, 5.74) is 0. The molecule has 0 aromatic heterocycles. The molecule has 1 fully saturated rings. The van der Waals surface area contributed by atoms with Gasteiger partial charge in [0.25, 0.3) is 0 Å². The molecule has 1 aromatic carbocycles. The Balaban J connectivity index is 1.85. The summed E-state index contributed by atoms with van der Waals surface area (Å²) in [6.07, 6.45) is 5.14. The van der Waals surface area contributed by atoms with Gasteiger partial charge in [0.2, 0.25) is 0 Å². The maximum absolute atomic E-state index is 12.3. The lowest BCUT2D eigenvalue weighted by Crippen LogP contribution is -2.86. The minimum Gasteiger partial charge on any atom is -0.458 e. The topological polar surface area (TPSA) is 69.2 Å². The van der Waals surface area contributed by atoms with Crippen LogP contribution in [0.4, 0.5) is 0 Å². The largest absolute Gasteiger partial charge is 0.527 e. The summed E-state index contributed by atoms with van der Waals surface area (Å²) in [4.78, 5) is 12.1. The lowest BCUT2D eigenvalue weighted by Gasteiger charge is -2.23. The van der Waals surface area contributed by atoms with Crippen molar-refractivity contribution >= 4 is 24.1 Å². The Morgan fingerprint density at radius 3 is 2.55 bits per heavy atom. The van der Waals surface area contributed by atoms with E-state index < -0.39 is 18.9 Å². The van der Waals surface area contributed by atoms with E-state index in [-0.39, 0.29) is 6.10 Å². The zero-order valence-electron chi connectivity index (χ0n) is 12.6. The smallest absolute Gasteiger partial charge is 0.458 e. The van der Waals surface area contributed by atoms with Crippen molar-refractivity contribution in [1.82, 2.24) is 0 Å². The van der Waals surface area contributed by atoms with Gasteiger partial charge in [-0.1, -0.05) is 24.6 Å². The molecule has 1 saturated carbocycles. The third kappa shape index (κ3) is 5.64. The highest BCUT2D eigenvalue weighted by molar-refractivity contribution is 7.80. The second kappa shape index (κ2) is 8.00. The van der Waals surface area contributed by atoms with Crippen LogP contribution >= 0.6 is 18.1 Å². The van der Waals surface area contributed by atoms with E-state index >= 15 is 0 Å². The van der Waals surface area contributed by atoms with Gasteiger partial charge >= 0.3 is 12.8 Å². The standard InChI is InChI=1S/C15H21ClNO4P/c1-12(15(18)20-13-8-4-2-5-9-13)17-22(16,19)21-14-10-6-3-7-11-14/h3,6-7,10-13H,2,4-5,8-9H2,1H3,(H,17,19)/p+1/t12-,22?/m0/s1. The Morgan fingerprint density at radius 1 is 1.27 bits per heavy atom. The van der Waals surface area contributed by atoms with Crippen LogP contribution in [-0.2, 0) is 14.1 Å². The van der Waals surface area contributed by atoms with Gasteiger partial charge in [-0.3, -0.25) is 0 Å². The van der Waals surface area contributed by atoms with Crippen LogP contribution in [0.1, 0.15) is 39.0 Å². The fourth-order valence-electron chi connectivity index (χ4n) is 2.44. The van der Waals surface area contributed by atoms with Crippen molar-refractivity contribution < 1.29 is 23.7 Å². The van der Waals surface area contributed by atoms with E-state index in [9.17, 15) is 9.36 Å². The minimum atomic E-state index is -3.53. The lowest BCUT2D eigenvalue weighted by molar-refractivity contribution is -0.535. The molecule has 0 bridgehead atoms. The average molecular weight is 347 g/mol. The molecule has 0 saturated heterocycles. The van der Waals surface area contributed by atoms with Crippen molar-refractivity contribution in [2.45, 2.75) is 51.2 Å². The number of hydrogen-bond acceptors (Lipinski definition) is 4. The number of rotatable bonds is 6. The van der Waals surface area contributed by atoms with Crippen LogP contribution in [0.2, 0.25) is 0 Å². The highest BCUT2D eigenvalue weighted by Crippen LogP contribution is 2.42. The van der Waals surface area contributed by atoms with E-state index in [1.807, 2.05) is 6.07 Å². The molecule has 122 valence electrons. The molecule has 0 spiro atoms. The second-order valence-corrected chi connectivity index (χ2v) is 8.50. The molecule has 1 aliphatic rings. The van der Waals surface area contributed by atoms with Gasteiger partial charge in [0.05, 0.1) is 11.2 Å². The Bertz CT molecular complexity index is 534. The van der Waals surface area contributed by atoms with Crippen LogP contribution in [0.3, 0.4) is 0 Å². The number of ether oxygens (including phenoxy) is 1. The molecule has 1 unspecified atom stereocenters. The Hall–Kier alpha value is -1.03. The van der Waals surface area contributed by atoms with Gasteiger partial charge in [0.15, 0.2) is 6.04 Å². The van der Waals surface area contributed by atoms with Crippen LogP contribution in [0.5, 0.6) is 5.75 Å². The second-order valence-electron chi connectivity index (χ2n) is 5.56. The maximum atomic E-state index is 12.3. The first-order valence-electron chi connectivity index (χ1n) is 7.57. The van der Waals surface area contributed by atoms with Gasteiger partial charge < -0.3 is 9.26 Å². The van der Waals surface area contributed by atoms with Gasteiger partial charge in [-0.2, -0.15) is 0 Å². The van der Waals surface area contributed by atoms with Crippen LogP contribution in [-0.4, -0.2) is 18.1 Å². The summed E-state index contributed by atoms with van der Waals surface area (Å²) in [7, 11) is 0. The summed E-state index contributed by atoms with van der Waals surface area (Å²) < 4.78 is 23.0. The van der Waals surface area contributed by atoms with E-state index in [4.69, 9.17) is 20.5 Å². The van der Waals surface area contributed by atoms with E-state index in [2.05, 4.69) is 0 Å². The molecule has 5 nitrogen and oxygen atoms in total. The number of carbonyl (C=O) groups excluding carboxylic acids is 1. The summed E-state index contributed by atoms with van der Waals surface area (Å²) in [5.74, 6) is 0.00867. The normalized spacial score (nSPS) is 19.9. The molecule has 1 aromatic rings. The van der Waals surface area contributed by atoms with Crippen molar-refractivity contribution in [3.8, 4) is 5.75 Å². The van der Waals surface area contributed by atoms with Gasteiger partial charge in [-0.15, -0.1) is 0 Å². The zero-order valence-corrected chi connectivity index (χ0v) is 14.3. The van der Waals surface area contributed by atoms with E-state index in [0.717, 1.165) is 25.7 Å². The number of halogens is 1. The van der Waals surface area contributed by atoms with Crippen LogP contribution < -0.4 is 9.61 Å². The predicted molar refractivity (Wildman–Crippen MR) is 84.9 cm³/mol. The molecular weight excluding hydrogens is 325 g/mol. The first kappa shape index (κ1) is 17.3. The molecule has 22 heavy (non-hydrogen) atoms. The van der Waals surface area contributed by atoms with Crippen LogP contribution in [0.15, 0.2) is 30.3 Å². The number of esters is 1. The fourth-order valence-corrected chi connectivity index (χ4v) is 4.31. The first-order valence-corrected chi connectivity index (χ1v) is 10.2. The van der Waals surface area contributed by atoms with E-state index in [1.165, 1.54) is 11.5 Å². The SMILES string of the molecule is C[C@H]([NH2+]P(=O)(Cl)Oc1ccccc1)C(=O)OC1CCCCC1. The Kier molecular flexibility index (Phi) is 6.30. The Labute approximate surface area is 135 Å². The van der Waals surface area contributed by atoms with E-state index in [1.54, 1.807) is 31.2 Å². The first-order chi connectivity index (χ1) is 10.5. The maximum Gasteiger partial charge on any atom is 0.527 e. The molecule has 7 heteroatoms. The predicted octanol–water partition coefficient (Wildman–Crippen LogP) is 3.24. The molecule has 1 aliphatic carbocycles. The van der Waals surface area contributed by atoms with Gasteiger partial charge in [-0.25, -0.2) is 14.4 Å². The summed E-state index contributed by atoms with van der Waals surface area (Å²) in [6.45, 7) is -1.91. The fraction of sp³-hybridized carbons (Fsp3) is 0.533. The van der Waals surface area contributed by atoms with Gasteiger partial charge in [0.1, 0.15) is 11.9 Å². The van der Waals surface area contributed by atoms with Crippen molar-refractivity contribution in [3.05, 3.63) is 30.3 Å². The molecular formula is C15H22ClNO4P+. The minimum absolute atomic E-state index is 0.0261. The van der Waals surface area contributed by atoms with Crippen molar-refractivity contribution in [1.29, 1.82) is 0 Å². The highest BCUT2D eigenvalue weighted by atomic mass is 35.7. The Morgan fingerprint density at radius 2 is 1.91 bits per heavy atom. The number of benzene rings is 1. The van der Waals surface area contributed by atoms with Crippen molar-refractivity contribution in [2.75, 3.05) is 0 Å². The summed E-state index contributed by atoms with van der Waals surface area (Å²) in [5, 5.41) is 1.24. The van der Waals surface area contributed by atoms with Crippen LogP contribution in [0.25, 0.3) is 0 Å². The highest BCUT2D eigenvalue weighted by Gasteiger charge is 2.34. The summed E-state index contributed by atoms with van der Waals surface area (Å²) in [6, 6.07) is 7.98. The molecule has 0 radical (unpaired) electrons. The quantitative estimate of drug-likeness (QED) is 0.634. The number of hydrogen-bond donors (Lipinski definition) is 1. The monoisotopic (exact) mass is 346 g/mol. The zero-order chi connectivity index (χ0) is 16.0. The molecule has 2 atom stereocenters. The molecule has 0 amide bonds. The number of nitrogens with two attached hydrogens (primary N) is 1. The van der Waals surface area contributed by atoms with Gasteiger partial charge in [0, 0.05) is 0 Å². The summed E-state index contributed by atoms with van der Waals surface area (Å²) >= 11 is 5.92. The lowest BCUT2D eigenvalue weighted by atomic mass is 9.98. The van der Waals surface area contributed by atoms with Crippen molar-refractivity contribution in [3.63, 3.8) is 0 Å². The number of carbonyl (C=O) groups is 1. The molecule has 0 heterocycles. The molecule has 2 rings (SSSR count). The van der Waals surface area contributed by atoms with E-state index in [0.29, 0.717) is 5.75 Å². The third-order valence-electron chi connectivity index (χ3n) is 3.58. The average Bonchev–Trinajstić information content (AvgIpc) is 2.48. The molecule has 0 aliphatic heterocycles. The number of para-hydroxylation sites is 1. The van der Waals surface area contributed by atoms with Crippen molar-refractivity contribution in [2.24, 2.45) is 0 Å². The molecule has 2 N–H and O–H groups in total. The van der Waals surface area contributed by atoms with Gasteiger partial charge in [-0.05, 0) is 44.7 Å². The number of quaternary nitrogens is 1. The third-order valence-corrected chi connectivity index (χ3v) is 5.39.